The second kappa shape index (κ2) is 4.73. The Morgan fingerprint density at radius 1 is 1.24 bits per heavy atom. The van der Waals surface area contributed by atoms with Crippen molar-refractivity contribution in [3.63, 3.8) is 0 Å². The van der Waals surface area contributed by atoms with E-state index in [0.29, 0.717) is 0 Å². The fraction of sp³-hybridized carbons (Fsp3) is 0.455. The third-order valence-corrected chi connectivity index (χ3v) is 4.50. The average molecular weight is 258 g/mol. The summed E-state index contributed by atoms with van der Waals surface area (Å²) >= 11 is 0. The molecule has 0 unspecified atom stereocenters. The molecular weight excluding hydrogens is 244 g/mol. The maximum absolute atomic E-state index is 12.0. The number of ether oxygens (including phenoxy) is 1. The van der Waals surface area contributed by atoms with Gasteiger partial charge in [-0.2, -0.15) is 0 Å². The Morgan fingerprint density at radius 3 is 2.41 bits per heavy atom. The van der Waals surface area contributed by atoms with E-state index < -0.39 is 28.1 Å². The molecule has 3 atom stereocenters. The number of aliphatic hydroxyl groups is 2. The van der Waals surface area contributed by atoms with Crippen molar-refractivity contribution in [2.45, 2.75) is 23.2 Å². The van der Waals surface area contributed by atoms with Gasteiger partial charge in [0.05, 0.1) is 17.3 Å². The van der Waals surface area contributed by atoms with Crippen LogP contribution in [-0.2, 0) is 14.6 Å². The number of benzene rings is 1. The van der Waals surface area contributed by atoms with Crippen molar-refractivity contribution in [2.75, 3.05) is 12.4 Å². The van der Waals surface area contributed by atoms with Gasteiger partial charge in [-0.3, -0.25) is 0 Å². The van der Waals surface area contributed by atoms with Gasteiger partial charge >= 0.3 is 0 Å². The predicted molar refractivity (Wildman–Crippen MR) is 60.2 cm³/mol. The summed E-state index contributed by atoms with van der Waals surface area (Å²) in [6.07, 6.45) is -3.02. The van der Waals surface area contributed by atoms with Crippen LogP contribution in [-0.4, -0.2) is 49.3 Å². The molecule has 0 bridgehead atoms. The summed E-state index contributed by atoms with van der Waals surface area (Å²) < 4.78 is 29.0. The summed E-state index contributed by atoms with van der Waals surface area (Å²) in [5.41, 5.74) is 0. The maximum Gasteiger partial charge on any atom is 0.181 e. The number of sulfone groups is 1. The lowest BCUT2D eigenvalue weighted by atomic mass is 10.2. The summed E-state index contributed by atoms with van der Waals surface area (Å²) in [5, 5.41) is 18.8. The molecule has 17 heavy (non-hydrogen) atoms. The van der Waals surface area contributed by atoms with Gasteiger partial charge in [0, 0.05) is 0 Å². The molecule has 94 valence electrons. The molecular formula is C11H14O5S. The molecule has 5 nitrogen and oxygen atoms in total. The monoisotopic (exact) mass is 258 g/mol. The normalized spacial score (nSPS) is 29.4. The third kappa shape index (κ3) is 2.66. The van der Waals surface area contributed by atoms with Crippen molar-refractivity contribution < 1.29 is 23.4 Å². The Labute approximate surface area is 99.6 Å². The molecule has 1 aromatic carbocycles. The lowest BCUT2D eigenvalue weighted by Crippen LogP contribution is -2.34. The molecule has 1 heterocycles. The second-order valence-electron chi connectivity index (χ2n) is 4.02. The van der Waals surface area contributed by atoms with E-state index in [0.717, 1.165) is 0 Å². The molecule has 2 rings (SSSR count). The highest BCUT2D eigenvalue weighted by Gasteiger charge is 2.37. The summed E-state index contributed by atoms with van der Waals surface area (Å²) in [6.45, 7) is -0.0316. The molecule has 0 aliphatic carbocycles. The third-order valence-electron chi connectivity index (χ3n) is 2.74. The van der Waals surface area contributed by atoms with Gasteiger partial charge in [0.2, 0.25) is 0 Å². The van der Waals surface area contributed by atoms with Gasteiger partial charge in [-0.05, 0) is 12.1 Å². The lowest BCUT2D eigenvalue weighted by molar-refractivity contribution is 0.0330. The smallest absolute Gasteiger partial charge is 0.181 e. The average Bonchev–Trinajstić information content (AvgIpc) is 2.62. The molecule has 0 saturated carbocycles. The van der Waals surface area contributed by atoms with Crippen LogP contribution < -0.4 is 0 Å². The van der Waals surface area contributed by atoms with E-state index in [1.807, 2.05) is 0 Å². The zero-order valence-electron chi connectivity index (χ0n) is 9.06. The Kier molecular flexibility index (Phi) is 3.48. The van der Waals surface area contributed by atoms with Crippen LogP contribution in [0.5, 0.6) is 0 Å². The van der Waals surface area contributed by atoms with Crippen LogP contribution in [0.2, 0.25) is 0 Å². The summed E-state index contributed by atoms with van der Waals surface area (Å²) in [4.78, 5) is 0.192. The zero-order chi connectivity index (χ0) is 12.5. The van der Waals surface area contributed by atoms with Crippen LogP contribution in [0.15, 0.2) is 35.2 Å². The first-order chi connectivity index (χ1) is 8.00. The highest BCUT2D eigenvalue weighted by molar-refractivity contribution is 7.91. The molecule has 1 aromatic rings. The molecule has 1 fully saturated rings. The number of rotatable bonds is 3. The fourth-order valence-electron chi connectivity index (χ4n) is 1.75. The Balaban J connectivity index is 2.14. The van der Waals surface area contributed by atoms with Gasteiger partial charge in [0.15, 0.2) is 9.84 Å². The standard InChI is InChI=1S/C11H14O5S/c12-9-6-16-10(11(9)13)7-17(14,15)8-4-2-1-3-5-8/h1-5,9-13H,6-7H2/t9-,10-,11-/m0/s1. The van der Waals surface area contributed by atoms with Gasteiger partial charge in [-0.25, -0.2) is 8.42 Å². The molecule has 6 heteroatoms. The van der Waals surface area contributed by atoms with E-state index in [2.05, 4.69) is 0 Å². The van der Waals surface area contributed by atoms with Crippen molar-refractivity contribution in [3.8, 4) is 0 Å². The summed E-state index contributed by atoms with van der Waals surface area (Å²) in [5.74, 6) is -0.324. The van der Waals surface area contributed by atoms with Gasteiger partial charge in [-0.15, -0.1) is 0 Å². The van der Waals surface area contributed by atoms with Crippen LogP contribution in [0.25, 0.3) is 0 Å². The highest BCUT2D eigenvalue weighted by Crippen LogP contribution is 2.19. The van der Waals surface area contributed by atoms with Crippen LogP contribution in [0, 0.1) is 0 Å². The molecule has 0 aromatic heterocycles. The quantitative estimate of drug-likeness (QED) is 0.769. The van der Waals surface area contributed by atoms with Crippen LogP contribution in [0.3, 0.4) is 0 Å². The van der Waals surface area contributed by atoms with Crippen LogP contribution in [0.1, 0.15) is 0 Å². The molecule has 0 radical (unpaired) electrons. The molecule has 0 amide bonds. The first-order valence-electron chi connectivity index (χ1n) is 5.26. The van der Waals surface area contributed by atoms with Crippen molar-refractivity contribution >= 4 is 9.84 Å². The molecule has 1 aliphatic rings. The topological polar surface area (TPSA) is 83.8 Å². The Morgan fingerprint density at radius 2 is 1.88 bits per heavy atom. The van der Waals surface area contributed by atoms with Gasteiger partial charge in [0.1, 0.15) is 18.3 Å². The van der Waals surface area contributed by atoms with Gasteiger partial charge in [-0.1, -0.05) is 18.2 Å². The van der Waals surface area contributed by atoms with Crippen molar-refractivity contribution in [1.29, 1.82) is 0 Å². The SMILES string of the molecule is O=S(=O)(C[C@@H]1OC[C@H](O)[C@@H]1O)c1ccccc1. The minimum Gasteiger partial charge on any atom is -0.388 e. The molecule has 1 aliphatic heterocycles. The highest BCUT2D eigenvalue weighted by atomic mass is 32.2. The zero-order valence-corrected chi connectivity index (χ0v) is 9.88. The molecule has 0 spiro atoms. The van der Waals surface area contributed by atoms with Crippen molar-refractivity contribution in [3.05, 3.63) is 30.3 Å². The Hall–Kier alpha value is -0.950. The minimum absolute atomic E-state index is 0.0316. The minimum atomic E-state index is -3.50. The fourth-order valence-corrected chi connectivity index (χ4v) is 3.24. The van der Waals surface area contributed by atoms with E-state index >= 15 is 0 Å². The number of aliphatic hydroxyl groups excluding tert-OH is 2. The van der Waals surface area contributed by atoms with E-state index in [4.69, 9.17) is 4.74 Å². The van der Waals surface area contributed by atoms with Crippen LogP contribution in [0.4, 0.5) is 0 Å². The number of hydrogen-bond acceptors (Lipinski definition) is 5. The summed E-state index contributed by atoms with van der Waals surface area (Å²) in [7, 11) is -3.50. The maximum atomic E-state index is 12.0. The van der Waals surface area contributed by atoms with E-state index in [-0.39, 0.29) is 17.3 Å². The van der Waals surface area contributed by atoms with Gasteiger partial charge < -0.3 is 14.9 Å². The van der Waals surface area contributed by atoms with E-state index in [1.165, 1.54) is 12.1 Å². The predicted octanol–water partition coefficient (Wildman–Crippen LogP) is -0.419. The molecule has 1 saturated heterocycles. The van der Waals surface area contributed by atoms with Crippen LogP contribution >= 0.6 is 0 Å². The second-order valence-corrected chi connectivity index (χ2v) is 6.06. The first kappa shape index (κ1) is 12.5. The number of hydrogen-bond donors (Lipinski definition) is 2. The van der Waals surface area contributed by atoms with E-state index in [9.17, 15) is 18.6 Å². The summed E-state index contributed by atoms with van der Waals surface area (Å²) in [6, 6.07) is 7.98. The van der Waals surface area contributed by atoms with E-state index in [1.54, 1.807) is 18.2 Å². The largest absolute Gasteiger partial charge is 0.388 e. The van der Waals surface area contributed by atoms with Gasteiger partial charge in [0.25, 0.3) is 0 Å². The van der Waals surface area contributed by atoms with Crippen molar-refractivity contribution in [1.82, 2.24) is 0 Å². The van der Waals surface area contributed by atoms with Crippen molar-refractivity contribution in [2.24, 2.45) is 0 Å². The Bertz CT molecular complexity index is 470. The molecule has 2 N–H and O–H groups in total. The lowest BCUT2D eigenvalue weighted by Gasteiger charge is -2.14. The first-order valence-corrected chi connectivity index (χ1v) is 6.91.